The van der Waals surface area contributed by atoms with Gasteiger partial charge in [0.05, 0.1) is 18.9 Å². The molecule has 2 rings (SSSR count). The Kier molecular flexibility index (Phi) is 10.9. The molecule has 0 spiro atoms. The molecule has 0 fully saturated rings. The Bertz CT molecular complexity index is 847. The normalized spacial score (nSPS) is 10.8. The van der Waals surface area contributed by atoms with Gasteiger partial charge in [0, 0.05) is 6.42 Å². The Hall–Kier alpha value is -3.15. The third-order valence-corrected chi connectivity index (χ3v) is 4.80. The van der Waals surface area contributed by atoms with Crippen LogP contribution in [0.1, 0.15) is 74.2 Å². The fraction of sp³-hybridized carbons (Fsp3) is 0.400. The van der Waals surface area contributed by atoms with Crippen LogP contribution in [0.15, 0.2) is 53.6 Å². The van der Waals surface area contributed by atoms with Crippen molar-refractivity contribution in [2.75, 3.05) is 7.11 Å². The zero-order valence-corrected chi connectivity index (χ0v) is 18.4. The lowest BCUT2D eigenvalue weighted by Crippen LogP contribution is -2.16. The van der Waals surface area contributed by atoms with Crippen molar-refractivity contribution in [3.8, 4) is 11.5 Å². The summed E-state index contributed by atoms with van der Waals surface area (Å²) < 4.78 is 10.5. The molecule has 0 unspecified atom stereocenters. The number of hydrazone groups is 1. The molecule has 0 saturated heterocycles. The predicted molar refractivity (Wildman–Crippen MR) is 123 cm³/mol. The second-order valence-electron chi connectivity index (χ2n) is 7.36. The minimum Gasteiger partial charge on any atom is -0.497 e. The fourth-order valence-electron chi connectivity index (χ4n) is 3.03. The van der Waals surface area contributed by atoms with Crippen LogP contribution in [0.4, 0.5) is 0 Å². The lowest BCUT2D eigenvalue weighted by Gasteiger charge is -2.06. The van der Waals surface area contributed by atoms with E-state index >= 15 is 0 Å². The average Bonchev–Trinajstić information content (AvgIpc) is 2.79. The van der Waals surface area contributed by atoms with Crippen LogP contribution in [0.3, 0.4) is 0 Å². The predicted octanol–water partition coefficient (Wildman–Crippen LogP) is 5.51. The van der Waals surface area contributed by atoms with Gasteiger partial charge in [-0.1, -0.05) is 57.6 Å². The molecule has 31 heavy (non-hydrogen) atoms. The summed E-state index contributed by atoms with van der Waals surface area (Å²) in [5.74, 6) is 0.523. The number of carbonyl (C=O) groups excluding carboxylic acids is 2. The first kappa shape index (κ1) is 24.1. The molecule has 0 aliphatic carbocycles. The van der Waals surface area contributed by atoms with E-state index in [1.54, 1.807) is 49.6 Å². The van der Waals surface area contributed by atoms with Crippen LogP contribution in [0.25, 0.3) is 0 Å². The topological polar surface area (TPSA) is 77.0 Å². The van der Waals surface area contributed by atoms with Gasteiger partial charge < -0.3 is 9.47 Å². The minimum absolute atomic E-state index is 0.0908. The molecule has 0 heterocycles. The highest BCUT2D eigenvalue weighted by Crippen LogP contribution is 2.16. The molecular weight excluding hydrogens is 392 g/mol. The first-order valence-corrected chi connectivity index (χ1v) is 10.9. The van der Waals surface area contributed by atoms with Gasteiger partial charge in [-0.3, -0.25) is 4.79 Å². The Morgan fingerprint density at radius 3 is 2.35 bits per heavy atom. The van der Waals surface area contributed by atoms with Crippen molar-refractivity contribution in [1.29, 1.82) is 0 Å². The maximum atomic E-state index is 12.3. The molecule has 0 aliphatic heterocycles. The first-order chi connectivity index (χ1) is 15.1. The molecular formula is C25H32N2O4. The summed E-state index contributed by atoms with van der Waals surface area (Å²) in [5, 5.41) is 4.00. The highest BCUT2D eigenvalue weighted by Gasteiger charge is 2.09. The van der Waals surface area contributed by atoms with Crippen LogP contribution in [0.5, 0.6) is 11.5 Å². The molecule has 0 saturated carbocycles. The minimum atomic E-state index is -0.459. The number of ether oxygens (including phenoxy) is 2. The highest BCUT2D eigenvalue weighted by molar-refractivity contribution is 5.91. The molecule has 1 N–H and O–H groups in total. The van der Waals surface area contributed by atoms with E-state index in [9.17, 15) is 9.59 Å². The lowest BCUT2D eigenvalue weighted by atomic mass is 10.1. The Morgan fingerprint density at radius 2 is 1.65 bits per heavy atom. The Morgan fingerprint density at radius 1 is 0.935 bits per heavy atom. The quantitative estimate of drug-likeness (QED) is 0.151. The van der Waals surface area contributed by atoms with Crippen LogP contribution < -0.4 is 14.9 Å². The smallest absolute Gasteiger partial charge is 0.343 e. The standard InChI is InChI=1S/C25H32N2O4/c1-3-4-5-6-7-8-9-13-24(28)27-26-19-20-11-10-12-23(18-20)31-25(29)21-14-16-22(30-2)17-15-21/h10-12,14-19H,3-9,13H2,1-2H3,(H,27,28)/b26-19+. The monoisotopic (exact) mass is 424 g/mol. The van der Waals surface area contributed by atoms with Gasteiger partial charge in [-0.2, -0.15) is 5.10 Å². The van der Waals surface area contributed by atoms with E-state index in [1.165, 1.54) is 38.3 Å². The van der Waals surface area contributed by atoms with E-state index in [-0.39, 0.29) is 5.91 Å². The third kappa shape index (κ3) is 9.47. The number of hydrogen-bond donors (Lipinski definition) is 1. The van der Waals surface area contributed by atoms with E-state index in [4.69, 9.17) is 9.47 Å². The van der Waals surface area contributed by atoms with Crippen LogP contribution in [0, 0.1) is 0 Å². The molecule has 0 atom stereocenters. The largest absolute Gasteiger partial charge is 0.497 e. The number of unbranched alkanes of at least 4 members (excludes halogenated alkanes) is 6. The average molecular weight is 425 g/mol. The summed E-state index contributed by atoms with van der Waals surface area (Å²) in [6, 6.07) is 13.7. The van der Waals surface area contributed by atoms with Crippen molar-refractivity contribution in [2.45, 2.75) is 58.3 Å². The zero-order valence-electron chi connectivity index (χ0n) is 18.4. The maximum Gasteiger partial charge on any atom is 0.343 e. The number of carbonyl (C=O) groups is 2. The van der Waals surface area contributed by atoms with Gasteiger partial charge in [-0.15, -0.1) is 0 Å². The second-order valence-corrected chi connectivity index (χ2v) is 7.36. The summed E-state index contributed by atoms with van der Waals surface area (Å²) in [6.45, 7) is 2.20. The number of esters is 1. The molecule has 0 radical (unpaired) electrons. The van der Waals surface area contributed by atoms with Crippen molar-refractivity contribution in [2.24, 2.45) is 5.10 Å². The van der Waals surface area contributed by atoms with E-state index in [0.29, 0.717) is 23.5 Å². The molecule has 2 aromatic carbocycles. The van der Waals surface area contributed by atoms with Crippen molar-refractivity contribution in [1.82, 2.24) is 5.43 Å². The number of methoxy groups -OCH3 is 1. The SMILES string of the molecule is CCCCCCCCCC(=O)N/N=C/c1cccc(OC(=O)c2ccc(OC)cc2)c1. The van der Waals surface area contributed by atoms with Gasteiger partial charge in [0.25, 0.3) is 0 Å². The van der Waals surface area contributed by atoms with Gasteiger partial charge in [0.1, 0.15) is 11.5 Å². The number of nitrogens with one attached hydrogen (secondary N) is 1. The van der Waals surface area contributed by atoms with Gasteiger partial charge >= 0.3 is 5.97 Å². The Labute approximate surface area is 184 Å². The van der Waals surface area contributed by atoms with Crippen molar-refractivity contribution in [3.05, 3.63) is 59.7 Å². The third-order valence-electron chi connectivity index (χ3n) is 4.80. The number of hydrogen-bond acceptors (Lipinski definition) is 5. The fourth-order valence-corrected chi connectivity index (χ4v) is 3.03. The van der Waals surface area contributed by atoms with Gasteiger partial charge in [-0.25, -0.2) is 10.2 Å². The summed E-state index contributed by atoms with van der Waals surface area (Å²) in [5.41, 5.74) is 3.70. The first-order valence-electron chi connectivity index (χ1n) is 10.9. The van der Waals surface area contributed by atoms with Gasteiger partial charge in [0.15, 0.2) is 0 Å². The van der Waals surface area contributed by atoms with Crippen molar-refractivity contribution < 1.29 is 19.1 Å². The second kappa shape index (κ2) is 14.0. The van der Waals surface area contributed by atoms with Crippen LogP contribution >= 0.6 is 0 Å². The summed E-state index contributed by atoms with van der Waals surface area (Å²) in [7, 11) is 1.57. The van der Waals surface area contributed by atoms with Crippen molar-refractivity contribution in [3.63, 3.8) is 0 Å². The molecule has 0 bridgehead atoms. The van der Waals surface area contributed by atoms with Crippen molar-refractivity contribution >= 4 is 18.1 Å². The van der Waals surface area contributed by atoms with Gasteiger partial charge in [0.2, 0.25) is 5.91 Å². The molecule has 1 amide bonds. The molecule has 166 valence electrons. The molecule has 2 aromatic rings. The van der Waals surface area contributed by atoms with Crippen LogP contribution in [-0.4, -0.2) is 25.2 Å². The van der Waals surface area contributed by atoms with Crippen LogP contribution in [0.2, 0.25) is 0 Å². The lowest BCUT2D eigenvalue weighted by molar-refractivity contribution is -0.121. The van der Waals surface area contributed by atoms with Gasteiger partial charge in [-0.05, 0) is 48.4 Å². The van der Waals surface area contributed by atoms with E-state index in [0.717, 1.165) is 18.4 Å². The molecule has 0 aliphatic rings. The highest BCUT2D eigenvalue weighted by atomic mass is 16.5. The zero-order chi connectivity index (χ0) is 22.3. The summed E-state index contributed by atoms with van der Waals surface area (Å²) in [6.07, 6.45) is 10.2. The Balaban J connectivity index is 1.75. The molecule has 0 aromatic heterocycles. The van der Waals surface area contributed by atoms with Crippen LogP contribution in [-0.2, 0) is 4.79 Å². The molecule has 6 nitrogen and oxygen atoms in total. The van der Waals surface area contributed by atoms with E-state index in [2.05, 4.69) is 17.5 Å². The summed E-state index contributed by atoms with van der Waals surface area (Å²) in [4.78, 5) is 24.2. The maximum absolute atomic E-state index is 12.3. The van der Waals surface area contributed by atoms with E-state index < -0.39 is 5.97 Å². The number of rotatable bonds is 13. The van der Waals surface area contributed by atoms with E-state index in [1.807, 2.05) is 6.07 Å². The number of nitrogens with zero attached hydrogens (tertiary/aromatic N) is 1. The summed E-state index contributed by atoms with van der Waals surface area (Å²) >= 11 is 0. The number of benzene rings is 2. The number of amides is 1. The molecule has 6 heteroatoms.